The van der Waals surface area contributed by atoms with Crippen LogP contribution in [0.25, 0.3) is 0 Å². The number of hydrogen-bond donors (Lipinski definition) is 0. The smallest absolute Gasteiger partial charge is 0.353 e. The third kappa shape index (κ3) is 3.10. The van der Waals surface area contributed by atoms with Crippen LogP contribution in [0.2, 0.25) is 5.02 Å². The van der Waals surface area contributed by atoms with Crippen molar-refractivity contribution in [1.29, 1.82) is 0 Å². The van der Waals surface area contributed by atoms with Crippen molar-refractivity contribution >= 4 is 29.8 Å². The standard InChI is InChI=1S/C17H11ClO5/c18-12-5-6-14(11(7-12)9-19)22-17(21)15-8-10-3-1-2-4-13(10)16(20)23-15/h1-7,9,15H,8H2. The van der Waals surface area contributed by atoms with Crippen LogP contribution >= 0.6 is 11.6 Å². The summed E-state index contributed by atoms with van der Waals surface area (Å²) in [6.45, 7) is 0. The highest BCUT2D eigenvalue weighted by Crippen LogP contribution is 2.25. The summed E-state index contributed by atoms with van der Waals surface area (Å²) in [5.41, 5.74) is 1.31. The van der Waals surface area contributed by atoms with Gasteiger partial charge in [-0.05, 0) is 29.8 Å². The van der Waals surface area contributed by atoms with E-state index in [1.165, 1.54) is 18.2 Å². The Morgan fingerprint density at radius 1 is 1.26 bits per heavy atom. The number of fused-ring (bicyclic) bond motifs is 1. The quantitative estimate of drug-likeness (QED) is 0.491. The van der Waals surface area contributed by atoms with Gasteiger partial charge in [0.05, 0.1) is 11.1 Å². The SMILES string of the molecule is O=Cc1cc(Cl)ccc1OC(=O)C1Cc2ccccc2C(=O)O1. The molecule has 0 N–H and O–H groups in total. The molecular weight excluding hydrogens is 320 g/mol. The first kappa shape index (κ1) is 15.2. The number of aldehydes is 1. The Balaban J connectivity index is 1.80. The van der Waals surface area contributed by atoms with Crippen molar-refractivity contribution in [2.45, 2.75) is 12.5 Å². The van der Waals surface area contributed by atoms with E-state index in [1.807, 2.05) is 0 Å². The molecule has 1 aliphatic heterocycles. The first-order chi connectivity index (χ1) is 11.1. The molecule has 0 aliphatic carbocycles. The summed E-state index contributed by atoms with van der Waals surface area (Å²) in [7, 11) is 0. The van der Waals surface area contributed by atoms with Gasteiger partial charge in [-0.25, -0.2) is 9.59 Å². The molecule has 5 nitrogen and oxygen atoms in total. The third-order valence-corrected chi connectivity index (χ3v) is 3.70. The number of hydrogen-bond acceptors (Lipinski definition) is 5. The minimum atomic E-state index is -1.05. The number of carbonyl (C=O) groups is 3. The zero-order chi connectivity index (χ0) is 16.4. The van der Waals surface area contributed by atoms with Crippen molar-refractivity contribution in [3.05, 3.63) is 64.2 Å². The van der Waals surface area contributed by atoms with Gasteiger partial charge in [-0.15, -0.1) is 0 Å². The Kier molecular flexibility index (Phi) is 4.12. The van der Waals surface area contributed by atoms with Crippen LogP contribution in [0.5, 0.6) is 5.75 Å². The zero-order valence-corrected chi connectivity index (χ0v) is 12.6. The Bertz CT molecular complexity index is 799. The number of carbonyl (C=O) groups excluding carboxylic acids is 3. The van der Waals surface area contributed by atoms with E-state index in [1.54, 1.807) is 24.3 Å². The van der Waals surface area contributed by atoms with E-state index < -0.39 is 18.0 Å². The normalized spacial score (nSPS) is 16.2. The van der Waals surface area contributed by atoms with Gasteiger partial charge < -0.3 is 9.47 Å². The van der Waals surface area contributed by atoms with E-state index in [0.717, 1.165) is 5.56 Å². The Hall–Kier alpha value is -2.66. The maximum Gasteiger partial charge on any atom is 0.353 e. The van der Waals surface area contributed by atoms with Gasteiger partial charge in [0.15, 0.2) is 6.29 Å². The highest BCUT2D eigenvalue weighted by molar-refractivity contribution is 6.30. The van der Waals surface area contributed by atoms with Gasteiger partial charge in [0.25, 0.3) is 0 Å². The molecule has 2 aromatic rings. The van der Waals surface area contributed by atoms with Gasteiger partial charge in [-0.2, -0.15) is 0 Å². The molecule has 116 valence electrons. The number of halogens is 1. The minimum absolute atomic E-state index is 0.0734. The van der Waals surface area contributed by atoms with Crippen LogP contribution in [-0.2, 0) is 16.0 Å². The monoisotopic (exact) mass is 330 g/mol. The van der Waals surface area contributed by atoms with E-state index in [0.29, 0.717) is 16.9 Å². The molecule has 6 heteroatoms. The van der Waals surface area contributed by atoms with Gasteiger partial charge in [0.2, 0.25) is 6.10 Å². The van der Waals surface area contributed by atoms with Crippen molar-refractivity contribution in [2.75, 3.05) is 0 Å². The molecule has 0 aromatic heterocycles. The molecule has 0 fully saturated rings. The second-order valence-electron chi connectivity index (χ2n) is 4.98. The lowest BCUT2D eigenvalue weighted by atomic mass is 9.99. The molecular formula is C17H11ClO5. The number of benzene rings is 2. The number of esters is 2. The Morgan fingerprint density at radius 2 is 2.04 bits per heavy atom. The molecule has 23 heavy (non-hydrogen) atoms. The summed E-state index contributed by atoms with van der Waals surface area (Å²) < 4.78 is 10.3. The summed E-state index contributed by atoms with van der Waals surface area (Å²) in [6.07, 6.45) is -0.283. The lowest BCUT2D eigenvalue weighted by Crippen LogP contribution is -2.37. The van der Waals surface area contributed by atoms with Crippen LogP contribution in [-0.4, -0.2) is 24.3 Å². The molecule has 3 rings (SSSR count). The molecule has 2 aromatic carbocycles. The van der Waals surface area contributed by atoms with E-state index in [4.69, 9.17) is 21.1 Å². The zero-order valence-electron chi connectivity index (χ0n) is 11.8. The molecule has 0 radical (unpaired) electrons. The fourth-order valence-electron chi connectivity index (χ4n) is 2.34. The molecule has 0 bridgehead atoms. The average Bonchev–Trinajstić information content (AvgIpc) is 2.56. The highest BCUT2D eigenvalue weighted by Gasteiger charge is 2.32. The lowest BCUT2D eigenvalue weighted by Gasteiger charge is -2.23. The predicted molar refractivity (Wildman–Crippen MR) is 81.8 cm³/mol. The van der Waals surface area contributed by atoms with Crippen molar-refractivity contribution in [3.8, 4) is 5.75 Å². The minimum Gasteiger partial charge on any atom is -0.446 e. The van der Waals surface area contributed by atoms with E-state index in [9.17, 15) is 14.4 Å². The molecule has 1 unspecified atom stereocenters. The molecule has 0 saturated carbocycles. The van der Waals surface area contributed by atoms with E-state index in [-0.39, 0.29) is 17.7 Å². The van der Waals surface area contributed by atoms with E-state index in [2.05, 4.69) is 0 Å². The predicted octanol–water partition coefficient (Wildman–Crippen LogP) is 2.84. The maximum absolute atomic E-state index is 12.2. The molecule has 1 heterocycles. The molecule has 0 amide bonds. The van der Waals surface area contributed by atoms with Gasteiger partial charge in [-0.3, -0.25) is 4.79 Å². The summed E-state index contributed by atoms with van der Waals surface area (Å²) in [4.78, 5) is 35.2. The van der Waals surface area contributed by atoms with Crippen LogP contribution in [0.4, 0.5) is 0 Å². The average molecular weight is 331 g/mol. The van der Waals surface area contributed by atoms with Crippen LogP contribution in [0.15, 0.2) is 42.5 Å². The molecule has 1 aliphatic rings. The first-order valence-electron chi connectivity index (χ1n) is 6.84. The second kappa shape index (κ2) is 6.22. The van der Waals surface area contributed by atoms with Crippen LogP contribution in [0.1, 0.15) is 26.3 Å². The first-order valence-corrected chi connectivity index (χ1v) is 7.21. The van der Waals surface area contributed by atoms with Crippen molar-refractivity contribution in [2.24, 2.45) is 0 Å². The summed E-state index contributed by atoms with van der Waals surface area (Å²) in [5, 5.41) is 0.352. The van der Waals surface area contributed by atoms with Gasteiger partial charge in [0, 0.05) is 11.4 Å². The summed E-state index contributed by atoms with van der Waals surface area (Å²) in [5.74, 6) is -1.23. The third-order valence-electron chi connectivity index (χ3n) is 3.46. The number of ether oxygens (including phenoxy) is 2. The van der Waals surface area contributed by atoms with Crippen molar-refractivity contribution in [1.82, 2.24) is 0 Å². The second-order valence-corrected chi connectivity index (χ2v) is 5.41. The van der Waals surface area contributed by atoms with Crippen LogP contribution in [0.3, 0.4) is 0 Å². The summed E-state index contributed by atoms with van der Waals surface area (Å²) >= 11 is 5.79. The summed E-state index contributed by atoms with van der Waals surface area (Å²) in [6, 6.07) is 11.2. The molecule has 0 spiro atoms. The lowest BCUT2D eigenvalue weighted by molar-refractivity contribution is -0.144. The Labute approximate surface area is 136 Å². The van der Waals surface area contributed by atoms with Gasteiger partial charge in [0.1, 0.15) is 5.75 Å². The van der Waals surface area contributed by atoms with Crippen LogP contribution < -0.4 is 4.74 Å². The highest BCUT2D eigenvalue weighted by atomic mass is 35.5. The van der Waals surface area contributed by atoms with Gasteiger partial charge >= 0.3 is 11.9 Å². The fourth-order valence-corrected chi connectivity index (χ4v) is 2.52. The topological polar surface area (TPSA) is 69.7 Å². The van der Waals surface area contributed by atoms with E-state index >= 15 is 0 Å². The fraction of sp³-hybridized carbons (Fsp3) is 0.118. The van der Waals surface area contributed by atoms with Crippen molar-refractivity contribution in [3.63, 3.8) is 0 Å². The maximum atomic E-state index is 12.2. The number of cyclic esters (lactones) is 1. The van der Waals surface area contributed by atoms with Crippen LogP contribution in [0, 0.1) is 0 Å². The largest absolute Gasteiger partial charge is 0.446 e. The number of rotatable bonds is 3. The molecule has 0 saturated heterocycles. The van der Waals surface area contributed by atoms with Gasteiger partial charge in [-0.1, -0.05) is 29.8 Å². The molecule has 1 atom stereocenters. The Morgan fingerprint density at radius 3 is 2.83 bits per heavy atom. The van der Waals surface area contributed by atoms with Crippen molar-refractivity contribution < 1.29 is 23.9 Å².